The highest BCUT2D eigenvalue weighted by atomic mass is 32.1. The molecule has 1 saturated carbocycles. The third-order valence-corrected chi connectivity index (χ3v) is 5.44. The van der Waals surface area contributed by atoms with Gasteiger partial charge >= 0.3 is 0 Å². The summed E-state index contributed by atoms with van der Waals surface area (Å²) in [4.78, 5) is 15.3. The standard InChI is InChI=1S/C12H13FN2S.C9H11NO2/c13-8-5-6-10-11(7-8)16-12(15-10)14-9-3-1-2-4-9;1-2-12-8-6-4-3-5-7(8)9(10)11/h5-7,9H,1-4H2,(H,14,15);3-6H,2H2,1H3,(H2,10,11). The Labute approximate surface area is 167 Å². The normalized spacial score (nSPS) is 13.8. The van der Waals surface area contributed by atoms with E-state index in [-0.39, 0.29) is 5.82 Å². The van der Waals surface area contributed by atoms with Crippen molar-refractivity contribution in [3.8, 4) is 5.75 Å². The van der Waals surface area contributed by atoms with Crippen molar-refractivity contribution in [2.45, 2.75) is 38.6 Å². The molecule has 0 unspecified atom stereocenters. The van der Waals surface area contributed by atoms with Gasteiger partial charge in [0.05, 0.1) is 22.4 Å². The Bertz CT molecular complexity index is 938. The summed E-state index contributed by atoms with van der Waals surface area (Å²) < 4.78 is 19.1. The van der Waals surface area contributed by atoms with Crippen molar-refractivity contribution in [1.29, 1.82) is 0 Å². The molecule has 0 bridgehead atoms. The molecule has 4 rings (SSSR count). The van der Waals surface area contributed by atoms with Gasteiger partial charge < -0.3 is 15.8 Å². The van der Waals surface area contributed by atoms with Gasteiger partial charge in [0, 0.05) is 6.04 Å². The number of primary amides is 1. The Morgan fingerprint density at radius 1 is 1.29 bits per heavy atom. The minimum atomic E-state index is -0.459. The van der Waals surface area contributed by atoms with Crippen molar-refractivity contribution < 1.29 is 13.9 Å². The molecule has 5 nitrogen and oxygen atoms in total. The number of rotatable bonds is 5. The lowest BCUT2D eigenvalue weighted by Crippen LogP contribution is -2.13. The minimum Gasteiger partial charge on any atom is -0.493 e. The SMILES string of the molecule is CCOc1ccccc1C(N)=O.Fc1ccc2nc(NC3CCCC3)sc2c1. The molecule has 1 fully saturated rings. The summed E-state index contributed by atoms with van der Waals surface area (Å²) in [5.74, 6) is -0.102. The van der Waals surface area contributed by atoms with Crippen LogP contribution in [0.5, 0.6) is 5.75 Å². The van der Waals surface area contributed by atoms with E-state index in [2.05, 4.69) is 10.3 Å². The number of benzene rings is 2. The van der Waals surface area contributed by atoms with Gasteiger partial charge in [0.25, 0.3) is 5.91 Å². The zero-order valence-electron chi connectivity index (χ0n) is 15.8. The molecule has 0 spiro atoms. The summed E-state index contributed by atoms with van der Waals surface area (Å²) in [6.45, 7) is 2.39. The van der Waals surface area contributed by atoms with Gasteiger partial charge in [-0.05, 0) is 50.1 Å². The van der Waals surface area contributed by atoms with Crippen molar-refractivity contribution in [2.24, 2.45) is 5.73 Å². The molecule has 0 atom stereocenters. The van der Waals surface area contributed by atoms with Crippen molar-refractivity contribution >= 4 is 32.6 Å². The van der Waals surface area contributed by atoms with Gasteiger partial charge in [0.1, 0.15) is 11.6 Å². The van der Waals surface area contributed by atoms with Gasteiger partial charge in [-0.1, -0.05) is 36.3 Å². The number of nitrogens with two attached hydrogens (primary N) is 1. The Morgan fingerprint density at radius 3 is 2.75 bits per heavy atom. The first-order chi connectivity index (χ1) is 13.6. The first kappa shape index (κ1) is 20.1. The summed E-state index contributed by atoms with van der Waals surface area (Å²) >= 11 is 1.54. The monoisotopic (exact) mass is 401 g/mol. The van der Waals surface area contributed by atoms with E-state index in [4.69, 9.17) is 10.5 Å². The number of para-hydroxylation sites is 1. The average molecular weight is 402 g/mol. The minimum absolute atomic E-state index is 0.191. The Kier molecular flexibility index (Phi) is 6.81. The van der Waals surface area contributed by atoms with Crippen LogP contribution in [0.1, 0.15) is 43.0 Å². The molecule has 3 N–H and O–H groups in total. The number of nitrogens with zero attached hydrogens (tertiary/aromatic N) is 1. The van der Waals surface area contributed by atoms with Crippen molar-refractivity contribution in [2.75, 3.05) is 11.9 Å². The van der Waals surface area contributed by atoms with E-state index in [1.54, 1.807) is 36.4 Å². The van der Waals surface area contributed by atoms with Crippen molar-refractivity contribution in [1.82, 2.24) is 4.98 Å². The topological polar surface area (TPSA) is 77.2 Å². The highest BCUT2D eigenvalue weighted by molar-refractivity contribution is 7.22. The van der Waals surface area contributed by atoms with Crippen molar-refractivity contribution in [3.63, 3.8) is 0 Å². The van der Waals surface area contributed by atoms with Gasteiger partial charge in [-0.3, -0.25) is 4.79 Å². The van der Waals surface area contributed by atoms with Crippen LogP contribution >= 0.6 is 11.3 Å². The Balaban J connectivity index is 0.000000169. The fourth-order valence-corrected chi connectivity index (χ4v) is 4.12. The summed E-state index contributed by atoms with van der Waals surface area (Å²) in [5, 5.41) is 4.36. The van der Waals surface area contributed by atoms with Crippen LogP contribution in [0.4, 0.5) is 9.52 Å². The lowest BCUT2D eigenvalue weighted by molar-refractivity contribution is 0.0996. The van der Waals surface area contributed by atoms with Crippen LogP contribution in [0.2, 0.25) is 0 Å². The predicted molar refractivity (Wildman–Crippen MR) is 112 cm³/mol. The molecule has 28 heavy (non-hydrogen) atoms. The summed E-state index contributed by atoms with van der Waals surface area (Å²) in [5.41, 5.74) is 6.44. The molecule has 1 heterocycles. The quantitative estimate of drug-likeness (QED) is 0.632. The molecular weight excluding hydrogens is 377 g/mol. The molecule has 3 aromatic rings. The number of thiazole rings is 1. The van der Waals surface area contributed by atoms with E-state index in [9.17, 15) is 9.18 Å². The lowest BCUT2D eigenvalue weighted by Gasteiger charge is -2.09. The lowest BCUT2D eigenvalue weighted by atomic mass is 10.2. The molecule has 0 saturated heterocycles. The number of halogens is 1. The third-order valence-electron chi connectivity index (χ3n) is 4.49. The van der Waals surface area contributed by atoms with E-state index < -0.39 is 5.91 Å². The summed E-state index contributed by atoms with van der Waals surface area (Å²) in [7, 11) is 0. The van der Waals surface area contributed by atoms with E-state index in [0.717, 1.165) is 15.3 Å². The van der Waals surface area contributed by atoms with Gasteiger partial charge in [-0.15, -0.1) is 0 Å². The molecule has 148 valence electrons. The maximum Gasteiger partial charge on any atom is 0.252 e. The number of ether oxygens (including phenoxy) is 1. The molecule has 1 aliphatic rings. The second-order valence-corrected chi connectivity index (χ2v) is 7.58. The van der Waals surface area contributed by atoms with Crippen LogP contribution in [-0.2, 0) is 0 Å². The Hall–Kier alpha value is -2.67. The van der Waals surface area contributed by atoms with Gasteiger partial charge in [-0.25, -0.2) is 9.37 Å². The van der Waals surface area contributed by atoms with Crippen LogP contribution in [0.25, 0.3) is 10.2 Å². The predicted octanol–water partition coefficient (Wildman–Crippen LogP) is 4.97. The van der Waals surface area contributed by atoms with E-state index in [1.807, 2.05) is 6.92 Å². The summed E-state index contributed by atoms with van der Waals surface area (Å²) in [6.07, 6.45) is 5.06. The first-order valence-corrected chi connectivity index (χ1v) is 10.2. The number of hydrogen-bond acceptors (Lipinski definition) is 5. The van der Waals surface area contributed by atoms with Crippen LogP contribution in [0, 0.1) is 5.82 Å². The van der Waals surface area contributed by atoms with Crippen LogP contribution in [-0.4, -0.2) is 23.5 Å². The number of fused-ring (bicyclic) bond motifs is 1. The van der Waals surface area contributed by atoms with Crippen LogP contribution in [0.15, 0.2) is 42.5 Å². The summed E-state index contributed by atoms with van der Waals surface area (Å²) in [6, 6.07) is 12.2. The molecule has 0 radical (unpaired) electrons. The number of aromatic nitrogens is 1. The zero-order chi connectivity index (χ0) is 19.9. The van der Waals surface area contributed by atoms with Crippen molar-refractivity contribution in [3.05, 3.63) is 53.8 Å². The smallest absolute Gasteiger partial charge is 0.252 e. The molecule has 1 aromatic heterocycles. The maximum atomic E-state index is 13.0. The Morgan fingerprint density at radius 2 is 2.04 bits per heavy atom. The van der Waals surface area contributed by atoms with Gasteiger partial charge in [0.15, 0.2) is 5.13 Å². The molecule has 1 aliphatic carbocycles. The fraction of sp³-hybridized carbons (Fsp3) is 0.333. The molecule has 7 heteroatoms. The zero-order valence-corrected chi connectivity index (χ0v) is 16.6. The fourth-order valence-electron chi connectivity index (χ4n) is 3.16. The van der Waals surface area contributed by atoms with Gasteiger partial charge in [0.2, 0.25) is 0 Å². The number of carbonyl (C=O) groups is 1. The number of nitrogens with one attached hydrogen (secondary N) is 1. The average Bonchev–Trinajstić information content (AvgIpc) is 3.32. The second kappa shape index (κ2) is 9.50. The number of carbonyl (C=O) groups excluding carboxylic acids is 1. The van der Waals surface area contributed by atoms with E-state index in [1.165, 1.54) is 43.1 Å². The van der Waals surface area contributed by atoms with Gasteiger partial charge in [-0.2, -0.15) is 0 Å². The molecule has 1 amide bonds. The second-order valence-electron chi connectivity index (χ2n) is 6.55. The molecule has 2 aromatic carbocycles. The molecule has 0 aliphatic heterocycles. The highest BCUT2D eigenvalue weighted by Gasteiger charge is 2.16. The molecular formula is C21H24FN3O2S. The first-order valence-electron chi connectivity index (χ1n) is 9.41. The maximum absolute atomic E-state index is 13.0. The van der Waals surface area contributed by atoms with Crippen LogP contribution < -0.4 is 15.8 Å². The highest BCUT2D eigenvalue weighted by Crippen LogP contribution is 2.29. The van der Waals surface area contributed by atoms with E-state index in [0.29, 0.717) is 24.0 Å². The third kappa shape index (κ3) is 5.19. The number of anilines is 1. The van der Waals surface area contributed by atoms with E-state index >= 15 is 0 Å². The largest absolute Gasteiger partial charge is 0.493 e. The number of amides is 1. The van der Waals surface area contributed by atoms with Crippen LogP contribution in [0.3, 0.4) is 0 Å². The number of hydrogen-bond donors (Lipinski definition) is 2.